The molecule has 0 bridgehead atoms. The molecule has 0 aliphatic heterocycles. The van der Waals surface area contributed by atoms with Gasteiger partial charge in [-0.25, -0.2) is 4.98 Å². The summed E-state index contributed by atoms with van der Waals surface area (Å²) in [5, 5.41) is 2.98. The average Bonchev–Trinajstić information content (AvgIpc) is 3.10. The highest BCUT2D eigenvalue weighted by Gasteiger charge is 2.10. The fourth-order valence-corrected chi connectivity index (χ4v) is 3.44. The van der Waals surface area contributed by atoms with Crippen LogP contribution in [0.4, 0.5) is 0 Å². The van der Waals surface area contributed by atoms with Gasteiger partial charge in [-0.05, 0) is 67.8 Å². The van der Waals surface area contributed by atoms with Gasteiger partial charge in [0, 0.05) is 17.8 Å². The van der Waals surface area contributed by atoms with Crippen LogP contribution < -0.4 is 5.32 Å². The molecule has 0 spiro atoms. The maximum absolute atomic E-state index is 12.5. The molecule has 1 heterocycles. The van der Waals surface area contributed by atoms with Crippen LogP contribution in [0.5, 0.6) is 0 Å². The molecule has 0 saturated carbocycles. The van der Waals surface area contributed by atoms with E-state index in [2.05, 4.69) is 53.8 Å². The standard InChI is InChI=1S/C24H23N3O/c1-16-4-6-19(7-5-16)14-25-24(28)20-8-9-23-22(13-20)26-15-27(23)21-11-17(2)10-18(3)12-21/h4-13,15H,14H2,1-3H3,(H,25,28). The van der Waals surface area contributed by atoms with Crippen LogP contribution in [0.1, 0.15) is 32.6 Å². The van der Waals surface area contributed by atoms with E-state index in [-0.39, 0.29) is 5.91 Å². The zero-order valence-corrected chi connectivity index (χ0v) is 16.4. The number of hydrogen-bond donors (Lipinski definition) is 1. The van der Waals surface area contributed by atoms with E-state index < -0.39 is 0 Å². The van der Waals surface area contributed by atoms with E-state index in [4.69, 9.17) is 0 Å². The summed E-state index contributed by atoms with van der Waals surface area (Å²) in [6, 6.07) is 20.2. The first-order valence-corrected chi connectivity index (χ1v) is 9.39. The molecule has 4 rings (SSSR count). The number of amides is 1. The third kappa shape index (κ3) is 3.67. The number of rotatable bonds is 4. The van der Waals surface area contributed by atoms with Crippen LogP contribution in [0.3, 0.4) is 0 Å². The zero-order chi connectivity index (χ0) is 19.7. The third-order valence-corrected chi connectivity index (χ3v) is 4.87. The number of aryl methyl sites for hydroxylation is 3. The molecule has 0 saturated heterocycles. The lowest BCUT2D eigenvalue weighted by atomic mass is 10.1. The molecule has 28 heavy (non-hydrogen) atoms. The Balaban J connectivity index is 1.56. The first-order chi connectivity index (χ1) is 13.5. The summed E-state index contributed by atoms with van der Waals surface area (Å²) in [6.45, 7) is 6.74. The molecular weight excluding hydrogens is 346 g/mol. The van der Waals surface area contributed by atoms with E-state index in [1.54, 1.807) is 0 Å². The van der Waals surface area contributed by atoms with Crippen LogP contribution in [0, 0.1) is 20.8 Å². The van der Waals surface area contributed by atoms with Crippen LogP contribution in [-0.4, -0.2) is 15.5 Å². The highest BCUT2D eigenvalue weighted by Crippen LogP contribution is 2.21. The second kappa shape index (κ2) is 7.31. The van der Waals surface area contributed by atoms with Crippen molar-refractivity contribution >= 4 is 16.9 Å². The summed E-state index contributed by atoms with van der Waals surface area (Å²) in [6.07, 6.45) is 1.81. The lowest BCUT2D eigenvalue weighted by Crippen LogP contribution is -2.22. The van der Waals surface area contributed by atoms with Crippen molar-refractivity contribution in [2.75, 3.05) is 0 Å². The van der Waals surface area contributed by atoms with Gasteiger partial charge in [0.15, 0.2) is 0 Å². The van der Waals surface area contributed by atoms with Crippen LogP contribution in [0.25, 0.3) is 16.7 Å². The minimum absolute atomic E-state index is 0.0941. The van der Waals surface area contributed by atoms with Crippen molar-refractivity contribution in [2.24, 2.45) is 0 Å². The Morgan fingerprint density at radius 3 is 2.32 bits per heavy atom. The number of nitrogens with zero attached hydrogens (tertiary/aromatic N) is 2. The van der Waals surface area contributed by atoms with Crippen LogP contribution in [0.15, 0.2) is 67.0 Å². The molecule has 4 heteroatoms. The highest BCUT2D eigenvalue weighted by atomic mass is 16.1. The Kier molecular flexibility index (Phi) is 4.70. The van der Waals surface area contributed by atoms with E-state index in [0.717, 1.165) is 22.3 Å². The largest absolute Gasteiger partial charge is 0.348 e. The van der Waals surface area contributed by atoms with E-state index in [1.807, 2.05) is 48.8 Å². The van der Waals surface area contributed by atoms with Gasteiger partial charge >= 0.3 is 0 Å². The number of carbonyl (C=O) groups excluding carboxylic acids is 1. The zero-order valence-electron chi connectivity index (χ0n) is 16.4. The van der Waals surface area contributed by atoms with Gasteiger partial charge in [0.25, 0.3) is 5.91 Å². The van der Waals surface area contributed by atoms with Crippen molar-refractivity contribution in [1.82, 2.24) is 14.9 Å². The molecule has 0 fully saturated rings. The Morgan fingerprint density at radius 2 is 1.61 bits per heavy atom. The van der Waals surface area contributed by atoms with Crippen LogP contribution in [-0.2, 0) is 6.54 Å². The molecule has 4 nitrogen and oxygen atoms in total. The van der Waals surface area contributed by atoms with Crippen LogP contribution in [0.2, 0.25) is 0 Å². The Labute approximate surface area is 164 Å². The molecule has 0 aliphatic carbocycles. The Morgan fingerprint density at radius 1 is 0.893 bits per heavy atom. The van der Waals surface area contributed by atoms with Crippen LogP contribution >= 0.6 is 0 Å². The predicted octanol–water partition coefficient (Wildman–Crippen LogP) is 4.88. The average molecular weight is 369 g/mol. The fraction of sp³-hybridized carbons (Fsp3) is 0.167. The molecule has 0 atom stereocenters. The molecule has 4 aromatic rings. The van der Waals surface area contributed by atoms with Crippen molar-refractivity contribution in [1.29, 1.82) is 0 Å². The third-order valence-electron chi connectivity index (χ3n) is 4.87. The first kappa shape index (κ1) is 18.0. The van der Waals surface area contributed by atoms with Gasteiger partial charge in [0.2, 0.25) is 0 Å². The maximum Gasteiger partial charge on any atom is 0.251 e. The maximum atomic E-state index is 12.5. The minimum Gasteiger partial charge on any atom is -0.348 e. The van der Waals surface area contributed by atoms with Gasteiger partial charge in [0.05, 0.1) is 11.0 Å². The van der Waals surface area contributed by atoms with Gasteiger partial charge in [-0.3, -0.25) is 9.36 Å². The summed E-state index contributed by atoms with van der Waals surface area (Å²) in [5.41, 5.74) is 8.20. The first-order valence-electron chi connectivity index (χ1n) is 9.39. The molecule has 1 aromatic heterocycles. The summed E-state index contributed by atoms with van der Waals surface area (Å²) in [5.74, 6) is -0.0941. The lowest BCUT2D eigenvalue weighted by Gasteiger charge is -2.08. The number of nitrogens with one attached hydrogen (secondary N) is 1. The van der Waals surface area contributed by atoms with Gasteiger partial charge in [0.1, 0.15) is 6.33 Å². The Hall–Kier alpha value is -3.40. The van der Waals surface area contributed by atoms with Crippen molar-refractivity contribution in [3.63, 3.8) is 0 Å². The lowest BCUT2D eigenvalue weighted by molar-refractivity contribution is 0.0951. The van der Waals surface area contributed by atoms with Gasteiger partial charge in [-0.2, -0.15) is 0 Å². The van der Waals surface area contributed by atoms with Gasteiger partial charge in [-0.15, -0.1) is 0 Å². The molecule has 0 radical (unpaired) electrons. The second-order valence-corrected chi connectivity index (χ2v) is 7.33. The van der Waals surface area contributed by atoms with E-state index >= 15 is 0 Å². The quantitative estimate of drug-likeness (QED) is 0.557. The topological polar surface area (TPSA) is 46.9 Å². The molecule has 1 amide bonds. The van der Waals surface area contributed by atoms with E-state index in [0.29, 0.717) is 12.1 Å². The second-order valence-electron chi connectivity index (χ2n) is 7.33. The molecule has 140 valence electrons. The number of carbonyl (C=O) groups is 1. The summed E-state index contributed by atoms with van der Waals surface area (Å²) in [7, 11) is 0. The van der Waals surface area contributed by atoms with Gasteiger partial charge < -0.3 is 5.32 Å². The molecule has 0 aliphatic rings. The SMILES string of the molecule is Cc1ccc(CNC(=O)c2ccc3c(c2)ncn3-c2cc(C)cc(C)c2)cc1. The predicted molar refractivity (Wildman–Crippen MR) is 113 cm³/mol. The highest BCUT2D eigenvalue weighted by molar-refractivity contribution is 5.97. The molecule has 0 unspecified atom stereocenters. The summed E-state index contributed by atoms with van der Waals surface area (Å²) < 4.78 is 2.06. The number of hydrogen-bond acceptors (Lipinski definition) is 2. The van der Waals surface area contributed by atoms with Crippen molar-refractivity contribution in [2.45, 2.75) is 27.3 Å². The van der Waals surface area contributed by atoms with Gasteiger partial charge in [-0.1, -0.05) is 35.9 Å². The van der Waals surface area contributed by atoms with Crippen molar-refractivity contribution in [3.05, 3.63) is 94.8 Å². The fourth-order valence-electron chi connectivity index (χ4n) is 3.44. The van der Waals surface area contributed by atoms with Crippen molar-refractivity contribution < 1.29 is 4.79 Å². The monoisotopic (exact) mass is 369 g/mol. The van der Waals surface area contributed by atoms with E-state index in [1.165, 1.54) is 16.7 Å². The number of fused-ring (bicyclic) bond motifs is 1. The van der Waals surface area contributed by atoms with E-state index in [9.17, 15) is 4.79 Å². The van der Waals surface area contributed by atoms with Crippen molar-refractivity contribution in [3.8, 4) is 5.69 Å². The number of benzene rings is 3. The normalized spacial score (nSPS) is 11.0. The summed E-state index contributed by atoms with van der Waals surface area (Å²) >= 11 is 0. The smallest absolute Gasteiger partial charge is 0.251 e. The Bertz CT molecular complexity index is 1140. The number of imidazole rings is 1. The molecule has 1 N–H and O–H groups in total. The molecular formula is C24H23N3O. The minimum atomic E-state index is -0.0941. The molecule has 3 aromatic carbocycles. The number of aromatic nitrogens is 2. The summed E-state index contributed by atoms with van der Waals surface area (Å²) in [4.78, 5) is 17.1.